The molecule has 1 aromatic carbocycles. The van der Waals surface area contributed by atoms with Crippen LogP contribution in [0.5, 0.6) is 0 Å². The molecule has 3 aromatic rings. The van der Waals surface area contributed by atoms with Crippen LogP contribution in [0.4, 0.5) is 10.6 Å². The van der Waals surface area contributed by atoms with Crippen molar-refractivity contribution in [3.05, 3.63) is 76.2 Å². The summed E-state index contributed by atoms with van der Waals surface area (Å²) in [6.07, 6.45) is 5.33. The van der Waals surface area contributed by atoms with Crippen LogP contribution in [-0.2, 0) is 22.4 Å². The fourth-order valence-corrected chi connectivity index (χ4v) is 6.02. The van der Waals surface area contributed by atoms with Gasteiger partial charge in [0.2, 0.25) is 11.8 Å². The number of anilines is 1. The van der Waals surface area contributed by atoms with Crippen LogP contribution in [-0.4, -0.2) is 51.3 Å². The van der Waals surface area contributed by atoms with Crippen molar-refractivity contribution in [2.75, 3.05) is 18.0 Å². The van der Waals surface area contributed by atoms with E-state index in [0.717, 1.165) is 29.7 Å². The summed E-state index contributed by atoms with van der Waals surface area (Å²) in [6, 6.07) is 13.8. The molecular formula is C27H27N5O4. The van der Waals surface area contributed by atoms with E-state index in [2.05, 4.69) is 5.32 Å². The van der Waals surface area contributed by atoms with Crippen molar-refractivity contribution < 1.29 is 14.4 Å². The first-order valence-electron chi connectivity index (χ1n) is 12.5. The van der Waals surface area contributed by atoms with E-state index in [0.29, 0.717) is 36.4 Å². The molecule has 5 heterocycles. The summed E-state index contributed by atoms with van der Waals surface area (Å²) in [4.78, 5) is 62.2. The Morgan fingerprint density at radius 2 is 1.78 bits per heavy atom. The van der Waals surface area contributed by atoms with E-state index in [-0.39, 0.29) is 18.5 Å². The van der Waals surface area contributed by atoms with Gasteiger partial charge in [0.25, 0.3) is 5.56 Å². The standard InChI is InChI=1S/C27H27N5O4/c33-23-19-17-27(24(34)29-26(36)32(25(27)35)16-13-18-9-3-1-4-10-18)20-11-5-2-7-14-30(20)22(19)28-21-12-6-8-15-31(21)23/h1,3-4,6,8-10,12,15,20H,2,5,7,11,13-14,16-17H2,(H,29,34,36). The number of nitrogens with one attached hydrogen (secondary N) is 1. The number of benzene rings is 1. The second-order valence-corrected chi connectivity index (χ2v) is 9.81. The Bertz CT molecular complexity index is 1440. The molecule has 9 nitrogen and oxygen atoms in total. The van der Waals surface area contributed by atoms with Gasteiger partial charge in [0.1, 0.15) is 11.5 Å². The molecule has 9 heteroatoms. The van der Waals surface area contributed by atoms with Gasteiger partial charge in [-0.25, -0.2) is 9.78 Å². The number of hydrogen-bond acceptors (Lipinski definition) is 6. The van der Waals surface area contributed by atoms with E-state index in [1.807, 2.05) is 41.3 Å². The molecule has 184 valence electrons. The molecule has 6 rings (SSSR count). The third kappa shape index (κ3) is 3.33. The summed E-state index contributed by atoms with van der Waals surface area (Å²) in [5, 5.41) is 2.47. The Kier molecular flexibility index (Phi) is 5.35. The molecule has 3 aliphatic rings. The molecule has 0 aliphatic carbocycles. The largest absolute Gasteiger partial charge is 0.352 e. The Balaban J connectivity index is 1.47. The molecule has 0 saturated carbocycles. The van der Waals surface area contributed by atoms with Gasteiger partial charge in [-0.3, -0.25) is 29.0 Å². The number of fused-ring (bicyclic) bond motifs is 5. The molecule has 2 fully saturated rings. The Morgan fingerprint density at radius 1 is 0.972 bits per heavy atom. The predicted molar refractivity (Wildman–Crippen MR) is 133 cm³/mol. The molecule has 2 unspecified atom stereocenters. The van der Waals surface area contributed by atoms with Crippen molar-refractivity contribution in [2.45, 2.75) is 44.6 Å². The van der Waals surface area contributed by atoms with Gasteiger partial charge >= 0.3 is 6.03 Å². The zero-order chi connectivity index (χ0) is 24.9. The number of imide groups is 2. The molecule has 0 radical (unpaired) electrons. The first-order valence-corrected chi connectivity index (χ1v) is 12.5. The normalized spacial score (nSPS) is 23.9. The fraction of sp³-hybridized carbons (Fsp3) is 0.370. The first kappa shape index (κ1) is 22.5. The number of nitrogens with zero attached hydrogens (tertiary/aromatic N) is 4. The topological polar surface area (TPSA) is 104 Å². The molecule has 3 aliphatic heterocycles. The summed E-state index contributed by atoms with van der Waals surface area (Å²) in [5.41, 5.74) is 0.0113. The summed E-state index contributed by atoms with van der Waals surface area (Å²) >= 11 is 0. The lowest BCUT2D eigenvalue weighted by Gasteiger charge is -2.50. The summed E-state index contributed by atoms with van der Waals surface area (Å²) < 4.78 is 1.45. The smallest absolute Gasteiger partial charge is 0.330 e. The van der Waals surface area contributed by atoms with Crippen molar-refractivity contribution in [2.24, 2.45) is 5.41 Å². The minimum Gasteiger partial charge on any atom is -0.352 e. The second kappa shape index (κ2) is 8.58. The molecular weight excluding hydrogens is 458 g/mol. The van der Waals surface area contributed by atoms with Crippen LogP contribution < -0.4 is 15.8 Å². The molecule has 0 bridgehead atoms. The lowest BCUT2D eigenvalue weighted by molar-refractivity contribution is -0.153. The van der Waals surface area contributed by atoms with Crippen LogP contribution in [0.1, 0.15) is 36.8 Å². The number of urea groups is 1. The van der Waals surface area contributed by atoms with Crippen LogP contribution in [0.15, 0.2) is 59.5 Å². The lowest BCUT2D eigenvalue weighted by Crippen LogP contribution is -2.72. The number of rotatable bonds is 3. The molecule has 1 N–H and O–H groups in total. The highest BCUT2D eigenvalue weighted by molar-refractivity contribution is 6.20. The minimum absolute atomic E-state index is 0.0764. The zero-order valence-electron chi connectivity index (χ0n) is 19.9. The summed E-state index contributed by atoms with van der Waals surface area (Å²) in [6.45, 7) is 0.742. The van der Waals surface area contributed by atoms with Crippen molar-refractivity contribution in [1.82, 2.24) is 19.6 Å². The maximum absolute atomic E-state index is 14.2. The maximum atomic E-state index is 14.2. The highest BCUT2D eigenvalue weighted by Gasteiger charge is 2.62. The summed E-state index contributed by atoms with van der Waals surface area (Å²) in [7, 11) is 0. The number of hydrogen-bond donors (Lipinski definition) is 1. The highest BCUT2D eigenvalue weighted by atomic mass is 16.2. The molecule has 1 spiro atoms. The molecule has 2 saturated heterocycles. The predicted octanol–water partition coefficient (Wildman–Crippen LogP) is 2.31. The van der Waals surface area contributed by atoms with E-state index >= 15 is 0 Å². The zero-order valence-corrected chi connectivity index (χ0v) is 19.9. The van der Waals surface area contributed by atoms with Gasteiger partial charge in [-0.1, -0.05) is 49.2 Å². The Morgan fingerprint density at radius 3 is 2.61 bits per heavy atom. The monoisotopic (exact) mass is 485 g/mol. The number of amides is 4. The van der Waals surface area contributed by atoms with E-state index < -0.39 is 29.3 Å². The average Bonchev–Trinajstić information content (AvgIpc) is 3.15. The fourth-order valence-electron chi connectivity index (χ4n) is 6.02. The van der Waals surface area contributed by atoms with Crippen LogP contribution in [0.3, 0.4) is 0 Å². The summed E-state index contributed by atoms with van der Waals surface area (Å²) in [5.74, 6) is -0.585. The molecule has 4 amide bonds. The van der Waals surface area contributed by atoms with Gasteiger partial charge in [0.05, 0.1) is 11.6 Å². The second-order valence-electron chi connectivity index (χ2n) is 9.81. The molecule has 36 heavy (non-hydrogen) atoms. The lowest BCUT2D eigenvalue weighted by atomic mass is 9.68. The Hall–Kier alpha value is -4.01. The van der Waals surface area contributed by atoms with E-state index in [9.17, 15) is 19.2 Å². The van der Waals surface area contributed by atoms with Gasteiger partial charge in [-0.2, -0.15) is 0 Å². The van der Waals surface area contributed by atoms with Gasteiger partial charge in [-0.15, -0.1) is 0 Å². The van der Waals surface area contributed by atoms with Gasteiger partial charge in [-0.05, 0) is 37.0 Å². The van der Waals surface area contributed by atoms with Crippen LogP contribution in [0.25, 0.3) is 5.65 Å². The van der Waals surface area contributed by atoms with E-state index in [4.69, 9.17) is 4.98 Å². The van der Waals surface area contributed by atoms with Gasteiger partial charge < -0.3 is 4.90 Å². The van der Waals surface area contributed by atoms with E-state index in [1.54, 1.807) is 18.3 Å². The maximum Gasteiger partial charge on any atom is 0.330 e. The number of barbiturate groups is 1. The number of carbonyl (C=O) groups is 3. The number of carbonyl (C=O) groups excluding carboxylic acids is 3. The number of pyridine rings is 1. The van der Waals surface area contributed by atoms with E-state index in [1.165, 1.54) is 4.40 Å². The molecule has 2 aromatic heterocycles. The van der Waals surface area contributed by atoms with Crippen molar-refractivity contribution in [3.8, 4) is 0 Å². The quantitative estimate of drug-likeness (QED) is 0.571. The van der Waals surface area contributed by atoms with Crippen molar-refractivity contribution in [1.29, 1.82) is 0 Å². The average molecular weight is 486 g/mol. The number of aromatic nitrogens is 2. The highest BCUT2D eigenvalue weighted by Crippen LogP contribution is 2.45. The SMILES string of the molecule is O=C1NC(=O)C2(Cc3c(nc4ccccn4c3=O)N3CCCCCC32)C(=O)N1CCc1ccccc1. The van der Waals surface area contributed by atoms with Crippen LogP contribution >= 0.6 is 0 Å². The van der Waals surface area contributed by atoms with Crippen molar-refractivity contribution in [3.63, 3.8) is 0 Å². The van der Waals surface area contributed by atoms with Crippen LogP contribution in [0.2, 0.25) is 0 Å². The van der Waals surface area contributed by atoms with Crippen LogP contribution in [0, 0.1) is 5.41 Å². The first-order chi connectivity index (χ1) is 17.5. The third-order valence-electron chi connectivity index (χ3n) is 7.82. The van der Waals surface area contributed by atoms with Crippen molar-refractivity contribution >= 4 is 29.3 Å². The third-order valence-corrected chi connectivity index (χ3v) is 7.82. The minimum atomic E-state index is -1.56. The Labute approximate surface area is 207 Å². The van der Waals surface area contributed by atoms with Gasteiger partial charge in [0.15, 0.2) is 5.41 Å². The molecule has 2 atom stereocenters. The van der Waals surface area contributed by atoms with Gasteiger partial charge in [0, 0.05) is 25.7 Å².